The van der Waals surface area contributed by atoms with Gasteiger partial charge in [-0.05, 0) is 43.3 Å². The second-order valence-electron chi connectivity index (χ2n) is 11.0. The number of fused-ring (bicyclic) bond motifs is 1. The van der Waals surface area contributed by atoms with Gasteiger partial charge in [-0.25, -0.2) is 8.87 Å². The summed E-state index contributed by atoms with van der Waals surface area (Å²) in [5.41, 5.74) is 12.4. The molecule has 0 aliphatic carbocycles. The number of quaternary nitrogens is 1. The maximum absolute atomic E-state index is 14.4. The number of rotatable bonds is 5. The van der Waals surface area contributed by atoms with Crippen LogP contribution in [-0.4, -0.2) is 121 Å². The quantitative estimate of drug-likeness (QED) is 0.197. The minimum atomic E-state index is -1.12. The largest absolute Gasteiger partial charge is 0.473 e. The lowest BCUT2D eigenvalue weighted by atomic mass is 9.93. The second kappa shape index (κ2) is 10.2. The number of nitrogens with zero attached hydrogens (tertiary/aromatic N) is 4. The lowest BCUT2D eigenvalue weighted by Gasteiger charge is -2.46. The smallest absolute Gasteiger partial charge is 0.349 e. The normalized spacial score (nSPS) is 34.1. The van der Waals surface area contributed by atoms with Crippen molar-refractivity contribution in [2.45, 2.75) is 69.0 Å². The molecular formula is C24H41FN8O2+2. The molecule has 4 saturated heterocycles. The van der Waals surface area contributed by atoms with Crippen LogP contribution in [0.2, 0.25) is 0 Å². The van der Waals surface area contributed by atoms with Crippen LogP contribution in [0.1, 0.15) is 38.5 Å². The number of piperazine rings is 1. The fraction of sp³-hybridized carbons (Fsp3) is 0.833. The fourth-order valence-corrected chi connectivity index (χ4v) is 7.01. The first-order valence-electron chi connectivity index (χ1n) is 13.4. The van der Waals surface area contributed by atoms with Gasteiger partial charge in [-0.3, -0.25) is 14.5 Å². The van der Waals surface area contributed by atoms with E-state index < -0.39 is 18.3 Å². The molecule has 10 nitrogen and oxygen atoms in total. The highest BCUT2D eigenvalue weighted by atomic mass is 19.1. The molecule has 2 amide bonds. The molecule has 194 valence electrons. The molecule has 0 aromatic carbocycles. The third-order valence-electron chi connectivity index (χ3n) is 8.76. The Hall–Kier alpha value is -1.88. The zero-order valence-corrected chi connectivity index (χ0v) is 20.6. The highest BCUT2D eigenvalue weighted by Crippen LogP contribution is 2.28. The minimum Gasteiger partial charge on any atom is -0.349 e. The number of hydrogen-bond donors (Lipinski definition) is 4. The number of nitrogens with two attached hydrogens (primary N) is 2. The Morgan fingerprint density at radius 2 is 2.03 bits per heavy atom. The van der Waals surface area contributed by atoms with Gasteiger partial charge in [0.2, 0.25) is 23.9 Å². The molecule has 5 heterocycles. The summed E-state index contributed by atoms with van der Waals surface area (Å²) in [6.07, 6.45) is 4.80. The molecule has 0 bridgehead atoms. The third kappa shape index (κ3) is 4.90. The van der Waals surface area contributed by atoms with Crippen molar-refractivity contribution in [1.29, 1.82) is 0 Å². The van der Waals surface area contributed by atoms with E-state index in [0.29, 0.717) is 29.8 Å². The number of halogens is 1. The molecule has 5 rings (SSSR count). The van der Waals surface area contributed by atoms with Crippen molar-refractivity contribution in [3.8, 4) is 0 Å². The molecule has 1 spiro atoms. The maximum atomic E-state index is 14.4. The Labute approximate surface area is 206 Å². The van der Waals surface area contributed by atoms with Crippen molar-refractivity contribution in [1.82, 2.24) is 25.1 Å². The van der Waals surface area contributed by atoms with Crippen molar-refractivity contribution < 1.29 is 18.5 Å². The molecule has 5 aliphatic heterocycles. The van der Waals surface area contributed by atoms with Crippen LogP contribution in [0.3, 0.4) is 0 Å². The first kappa shape index (κ1) is 24.8. The van der Waals surface area contributed by atoms with Gasteiger partial charge >= 0.3 is 12.1 Å². The highest BCUT2D eigenvalue weighted by molar-refractivity contribution is 6.02. The predicted molar refractivity (Wildman–Crippen MR) is 132 cm³/mol. The Balaban J connectivity index is 1.33. The SMILES string of the molecule is NC(N)C(C(=O)NC1CNCCC1N1CCN2C(=O)CC[C@@H]2C1)C1=[N+]=CC(F)C[N+]12CCCCC2. The Bertz CT molecular complexity index is 885. The average molecular weight is 493 g/mol. The van der Waals surface area contributed by atoms with E-state index in [0.717, 1.165) is 71.4 Å². The summed E-state index contributed by atoms with van der Waals surface area (Å²) in [5, 5.41) is 6.68. The summed E-state index contributed by atoms with van der Waals surface area (Å²) in [7, 11) is 0. The summed E-state index contributed by atoms with van der Waals surface area (Å²) in [4.78, 5) is 30.3. The van der Waals surface area contributed by atoms with Gasteiger partial charge in [-0.1, -0.05) is 0 Å². The molecule has 5 atom stereocenters. The minimum absolute atomic E-state index is 0.0990. The first-order chi connectivity index (χ1) is 16.9. The summed E-state index contributed by atoms with van der Waals surface area (Å²) in [6.45, 7) is 5.80. The first-order valence-corrected chi connectivity index (χ1v) is 13.4. The van der Waals surface area contributed by atoms with Crippen LogP contribution in [-0.2, 0) is 9.59 Å². The molecule has 4 unspecified atom stereocenters. The molecule has 35 heavy (non-hydrogen) atoms. The zero-order valence-electron chi connectivity index (χ0n) is 20.6. The molecule has 11 heteroatoms. The Morgan fingerprint density at radius 3 is 2.80 bits per heavy atom. The van der Waals surface area contributed by atoms with E-state index in [1.807, 2.05) is 4.90 Å². The monoisotopic (exact) mass is 492 g/mol. The van der Waals surface area contributed by atoms with Gasteiger partial charge in [-0.15, -0.1) is 0 Å². The van der Waals surface area contributed by atoms with Gasteiger partial charge < -0.3 is 27.0 Å². The van der Waals surface area contributed by atoms with Crippen LogP contribution >= 0.6 is 0 Å². The number of alkyl halides is 1. The van der Waals surface area contributed by atoms with Gasteiger partial charge in [0.25, 0.3) is 0 Å². The second-order valence-corrected chi connectivity index (χ2v) is 11.0. The van der Waals surface area contributed by atoms with Gasteiger partial charge in [0, 0.05) is 44.7 Å². The van der Waals surface area contributed by atoms with Gasteiger partial charge in [0.15, 0.2) is 0 Å². The number of amides is 2. The van der Waals surface area contributed by atoms with E-state index in [9.17, 15) is 14.0 Å². The van der Waals surface area contributed by atoms with Crippen molar-refractivity contribution >= 4 is 23.9 Å². The van der Waals surface area contributed by atoms with Crippen LogP contribution < -0.4 is 26.8 Å². The lowest BCUT2D eigenvalue weighted by Crippen LogP contribution is -2.69. The number of nitrogens with one attached hydrogen (secondary N) is 2. The number of carbonyl (C=O) groups is 2. The molecule has 0 saturated carbocycles. The van der Waals surface area contributed by atoms with Crippen LogP contribution in [0, 0.1) is 5.92 Å². The van der Waals surface area contributed by atoms with Crippen LogP contribution in [0.4, 0.5) is 4.39 Å². The van der Waals surface area contributed by atoms with Gasteiger partial charge in [-0.2, -0.15) is 0 Å². The van der Waals surface area contributed by atoms with E-state index in [4.69, 9.17) is 11.5 Å². The van der Waals surface area contributed by atoms with Crippen molar-refractivity contribution in [3.63, 3.8) is 0 Å². The van der Waals surface area contributed by atoms with Crippen LogP contribution in [0.15, 0.2) is 0 Å². The van der Waals surface area contributed by atoms with Crippen molar-refractivity contribution in [3.05, 3.63) is 0 Å². The highest BCUT2D eigenvalue weighted by Gasteiger charge is 2.55. The average Bonchev–Trinajstić information content (AvgIpc) is 3.21. The van der Waals surface area contributed by atoms with Crippen molar-refractivity contribution in [2.24, 2.45) is 17.4 Å². The summed E-state index contributed by atoms with van der Waals surface area (Å²) in [6, 6.07) is 0.357. The molecule has 6 N–H and O–H groups in total. The summed E-state index contributed by atoms with van der Waals surface area (Å²) >= 11 is 0. The lowest BCUT2D eigenvalue weighted by molar-refractivity contribution is -0.851. The molecule has 5 aliphatic rings. The Morgan fingerprint density at radius 1 is 1.23 bits per heavy atom. The van der Waals surface area contributed by atoms with E-state index >= 15 is 0 Å². The van der Waals surface area contributed by atoms with E-state index in [1.165, 1.54) is 6.21 Å². The summed E-state index contributed by atoms with van der Waals surface area (Å²) in [5.74, 6) is -0.144. The number of carbonyl (C=O) groups excluding carboxylic acids is 2. The fourth-order valence-electron chi connectivity index (χ4n) is 7.01. The van der Waals surface area contributed by atoms with Gasteiger partial charge in [0.1, 0.15) is 6.54 Å². The topological polar surface area (TPSA) is 131 Å². The van der Waals surface area contributed by atoms with E-state index in [2.05, 4.69) is 20.2 Å². The summed E-state index contributed by atoms with van der Waals surface area (Å²) < 4.78 is 19.3. The molecule has 0 aromatic heterocycles. The van der Waals surface area contributed by atoms with Crippen LogP contribution in [0.25, 0.3) is 0 Å². The molecule has 4 fully saturated rings. The number of hydrogen-bond acceptors (Lipinski definition) is 6. The number of amidine groups is 1. The number of piperidine rings is 2. The van der Waals surface area contributed by atoms with E-state index in [-0.39, 0.29) is 29.9 Å². The predicted octanol–water partition coefficient (Wildman–Crippen LogP) is -2.11. The van der Waals surface area contributed by atoms with E-state index in [1.54, 1.807) is 0 Å². The van der Waals surface area contributed by atoms with Crippen molar-refractivity contribution in [2.75, 3.05) is 52.4 Å². The van der Waals surface area contributed by atoms with Gasteiger partial charge in [0.05, 0.1) is 25.3 Å². The third-order valence-corrected chi connectivity index (χ3v) is 8.76. The molecule has 0 radical (unpaired) electrons. The maximum Gasteiger partial charge on any atom is 0.473 e. The standard InChI is InChI=1S/C24H40FN8O2/c25-16-12-29-23(33(15-16)10-2-1-3-11-33)21(22(26)27)24(35)30-18-13-28-7-6-19(18)31-8-9-32-17(14-31)4-5-20(32)34/h12,16-19,21-22,28H,1-11,13-15,26-27H2/q+1/p+1/t16?,17-,18?,19?,21?/m1/s1. The molecule has 0 aromatic rings. The Kier molecular flexibility index (Phi) is 7.25. The zero-order chi connectivity index (χ0) is 24.6. The van der Waals surface area contributed by atoms with Crippen LogP contribution in [0.5, 0.6) is 0 Å². The molecular weight excluding hydrogens is 451 g/mol.